The number of rotatable bonds is 5. The third kappa shape index (κ3) is 5.35. The van der Waals surface area contributed by atoms with Crippen LogP contribution in [-0.2, 0) is 10.8 Å². The van der Waals surface area contributed by atoms with Gasteiger partial charge in [-0.2, -0.15) is 0 Å². The van der Waals surface area contributed by atoms with Crippen molar-refractivity contribution in [1.29, 1.82) is 0 Å². The molecule has 2 aliphatic heterocycles. The maximum atomic E-state index is 7.25. The van der Waals surface area contributed by atoms with E-state index in [0.29, 0.717) is 5.96 Å². The van der Waals surface area contributed by atoms with Crippen LogP contribution in [0.3, 0.4) is 0 Å². The van der Waals surface area contributed by atoms with E-state index in [4.69, 9.17) is 10.7 Å². The average molecular weight is 663 g/mol. The van der Waals surface area contributed by atoms with Gasteiger partial charge in [-0.05, 0) is 75.9 Å². The van der Waals surface area contributed by atoms with E-state index in [9.17, 15) is 0 Å². The minimum atomic E-state index is -0.319. The van der Waals surface area contributed by atoms with Crippen molar-refractivity contribution in [3.63, 3.8) is 0 Å². The van der Waals surface area contributed by atoms with Gasteiger partial charge in [-0.25, -0.2) is 4.99 Å². The van der Waals surface area contributed by atoms with E-state index < -0.39 is 0 Å². The van der Waals surface area contributed by atoms with Gasteiger partial charge >= 0.3 is 0 Å². The van der Waals surface area contributed by atoms with Crippen LogP contribution in [0.5, 0.6) is 0 Å². The molecule has 0 spiro atoms. The summed E-state index contributed by atoms with van der Waals surface area (Å²) in [7, 11) is 0. The third-order valence-electron chi connectivity index (χ3n) is 10.6. The molecule has 0 bridgehead atoms. The first-order valence-electron chi connectivity index (χ1n) is 17.5. The van der Waals surface area contributed by atoms with Crippen molar-refractivity contribution in [3.05, 3.63) is 198 Å². The Balaban J connectivity index is 1.37. The quantitative estimate of drug-likeness (QED) is 0.113. The third-order valence-corrected chi connectivity index (χ3v) is 10.6. The molecule has 4 nitrogen and oxygen atoms in total. The molecule has 0 atom stereocenters. The molecule has 0 aromatic heterocycles. The van der Waals surface area contributed by atoms with E-state index in [1.807, 2.05) is 42.5 Å². The molecule has 0 fully saturated rings. The van der Waals surface area contributed by atoms with Crippen molar-refractivity contribution in [2.75, 3.05) is 9.80 Å². The number of guanidine groups is 1. The van der Waals surface area contributed by atoms with Crippen molar-refractivity contribution in [2.24, 2.45) is 10.7 Å². The molecule has 0 saturated carbocycles. The molecule has 0 radical (unpaired) electrons. The lowest BCUT2D eigenvalue weighted by Crippen LogP contribution is -2.41. The van der Waals surface area contributed by atoms with Crippen LogP contribution in [0.2, 0.25) is 0 Å². The van der Waals surface area contributed by atoms with E-state index >= 15 is 0 Å². The van der Waals surface area contributed by atoms with Gasteiger partial charge in [0, 0.05) is 22.1 Å². The second kappa shape index (κ2) is 12.3. The molecule has 8 rings (SSSR count). The Labute approximate surface area is 301 Å². The molecule has 0 unspecified atom stereocenters. The minimum Gasteiger partial charge on any atom is -0.369 e. The fourth-order valence-electron chi connectivity index (χ4n) is 7.86. The summed E-state index contributed by atoms with van der Waals surface area (Å²) in [6.07, 6.45) is 2.03. The lowest BCUT2D eigenvalue weighted by atomic mass is 9.69. The Kier molecular flexibility index (Phi) is 7.76. The zero-order valence-corrected chi connectivity index (χ0v) is 29.6. The number of aliphatic imine (C=N–C) groups is 1. The average Bonchev–Trinajstić information content (AvgIpc) is 3.16. The highest BCUT2D eigenvalue weighted by atomic mass is 15.3. The van der Waals surface area contributed by atoms with Gasteiger partial charge in [0.25, 0.3) is 0 Å². The van der Waals surface area contributed by atoms with Gasteiger partial charge in [0.1, 0.15) is 0 Å². The van der Waals surface area contributed by atoms with Crippen LogP contribution in [-0.4, -0.2) is 5.96 Å². The van der Waals surface area contributed by atoms with Gasteiger partial charge in [0.05, 0.1) is 28.4 Å². The summed E-state index contributed by atoms with van der Waals surface area (Å²) < 4.78 is 0. The van der Waals surface area contributed by atoms with Crippen LogP contribution in [0.15, 0.2) is 169 Å². The topological polar surface area (TPSA) is 44.9 Å². The summed E-state index contributed by atoms with van der Waals surface area (Å²) in [6.45, 7) is 13.7. The molecular formula is C47H42N4. The van der Waals surface area contributed by atoms with E-state index in [1.165, 1.54) is 33.6 Å². The highest BCUT2D eigenvalue weighted by Crippen LogP contribution is 2.57. The lowest BCUT2D eigenvalue weighted by molar-refractivity contribution is 0.616. The molecule has 4 heteroatoms. The Morgan fingerprint density at radius 3 is 1.65 bits per heavy atom. The number of para-hydroxylation sites is 3. The summed E-state index contributed by atoms with van der Waals surface area (Å²) >= 11 is 0. The molecule has 2 N–H and O–H groups in total. The smallest absolute Gasteiger partial charge is 0.205 e. The summed E-state index contributed by atoms with van der Waals surface area (Å²) in [5, 5.41) is 0. The number of hydrogen-bond donors (Lipinski definition) is 1. The first-order chi connectivity index (χ1) is 24.7. The van der Waals surface area contributed by atoms with Crippen LogP contribution in [0.1, 0.15) is 61.1 Å². The first-order valence-corrected chi connectivity index (χ1v) is 17.5. The predicted molar refractivity (Wildman–Crippen MR) is 215 cm³/mol. The van der Waals surface area contributed by atoms with Gasteiger partial charge in [-0.15, -0.1) is 0 Å². The van der Waals surface area contributed by atoms with Gasteiger partial charge < -0.3 is 10.6 Å². The molecule has 0 amide bonds. The standard InChI is InChI=1S/C47H42N4/c1-32(33-19-9-6-10-20-33)29-40(34-21-11-7-12-22-34)49-45(48)51-42-28-18-16-26-37(42)47(4,5)39-30-43-38(31-44(39)51)46(2,3)36-25-15-17-27-41(36)50(43)35-23-13-8-14-24-35/h6-31H,1H2,2-5H3,(H2,48,49)/b40-29-. The molecule has 0 aliphatic carbocycles. The summed E-state index contributed by atoms with van der Waals surface area (Å²) in [4.78, 5) is 9.81. The maximum absolute atomic E-state index is 7.25. The molecule has 2 heterocycles. The number of nitrogens with zero attached hydrogens (tertiary/aromatic N) is 3. The van der Waals surface area contributed by atoms with Gasteiger partial charge in [-0.3, -0.25) is 4.90 Å². The van der Waals surface area contributed by atoms with Crippen molar-refractivity contribution < 1.29 is 0 Å². The lowest BCUT2D eigenvalue weighted by Gasteiger charge is -2.46. The first kappa shape index (κ1) is 32.1. The Morgan fingerprint density at radius 2 is 1.02 bits per heavy atom. The van der Waals surface area contributed by atoms with Gasteiger partial charge in [0.15, 0.2) is 0 Å². The molecule has 250 valence electrons. The number of hydrogen-bond acceptors (Lipinski definition) is 2. The zero-order chi connectivity index (χ0) is 35.3. The van der Waals surface area contributed by atoms with E-state index in [2.05, 4.69) is 159 Å². The summed E-state index contributed by atoms with van der Waals surface area (Å²) in [5.41, 5.74) is 20.7. The Morgan fingerprint density at radius 1 is 0.549 bits per heavy atom. The molecule has 0 saturated heterocycles. The number of fused-ring (bicyclic) bond motifs is 4. The highest BCUT2D eigenvalue weighted by Gasteiger charge is 2.43. The second-order valence-corrected chi connectivity index (χ2v) is 14.4. The van der Waals surface area contributed by atoms with Crippen LogP contribution in [0.4, 0.5) is 28.4 Å². The highest BCUT2D eigenvalue weighted by molar-refractivity contribution is 6.08. The molecule has 6 aromatic rings. The van der Waals surface area contributed by atoms with Crippen LogP contribution < -0.4 is 15.5 Å². The monoisotopic (exact) mass is 662 g/mol. The van der Waals surface area contributed by atoms with E-state index in [1.54, 1.807) is 0 Å². The van der Waals surface area contributed by atoms with Crippen molar-refractivity contribution in [1.82, 2.24) is 0 Å². The minimum absolute atomic E-state index is 0.284. The normalized spacial score (nSPS) is 15.7. The van der Waals surface area contributed by atoms with Crippen molar-refractivity contribution in [3.8, 4) is 0 Å². The van der Waals surface area contributed by atoms with Crippen molar-refractivity contribution >= 4 is 45.7 Å². The summed E-state index contributed by atoms with van der Waals surface area (Å²) in [5.74, 6) is 0.393. The second-order valence-electron chi connectivity index (χ2n) is 14.4. The number of allylic oxidation sites excluding steroid dienone is 2. The van der Waals surface area contributed by atoms with Gasteiger partial charge in [0.2, 0.25) is 5.96 Å². The number of anilines is 5. The van der Waals surface area contributed by atoms with E-state index in [-0.39, 0.29) is 10.8 Å². The molecular weight excluding hydrogens is 621 g/mol. The zero-order valence-electron chi connectivity index (χ0n) is 29.6. The maximum Gasteiger partial charge on any atom is 0.205 e. The number of benzene rings is 6. The molecule has 6 aromatic carbocycles. The van der Waals surface area contributed by atoms with Crippen LogP contribution in [0, 0.1) is 0 Å². The largest absolute Gasteiger partial charge is 0.369 e. The SMILES string of the molecule is C=C(/C=C(\N=C(N)N1c2ccccc2C(C)(C)c2cc3c(cc21)C(C)(C)c1ccccc1N3c1ccccc1)c1ccccc1)c1ccccc1. The van der Waals surface area contributed by atoms with Gasteiger partial charge in [-0.1, -0.05) is 150 Å². The van der Waals surface area contributed by atoms with E-state index in [0.717, 1.165) is 39.5 Å². The van der Waals surface area contributed by atoms with Crippen LogP contribution in [0.25, 0.3) is 11.3 Å². The fourth-order valence-corrected chi connectivity index (χ4v) is 7.86. The Bertz CT molecular complexity index is 2330. The Hall–Kier alpha value is -6.13. The molecule has 2 aliphatic rings. The number of nitrogens with two attached hydrogens (primary N) is 1. The predicted octanol–water partition coefficient (Wildman–Crippen LogP) is 11.6. The summed E-state index contributed by atoms with van der Waals surface area (Å²) in [6, 6.07) is 53.2. The molecule has 51 heavy (non-hydrogen) atoms. The fraction of sp³-hybridized carbons (Fsp3) is 0.128. The van der Waals surface area contributed by atoms with Crippen LogP contribution >= 0.6 is 0 Å². The van der Waals surface area contributed by atoms with Crippen molar-refractivity contribution in [2.45, 2.75) is 38.5 Å².